The number of aromatic nitrogens is 1. The number of hydrogen-bond donors (Lipinski definition) is 1. The summed E-state index contributed by atoms with van der Waals surface area (Å²) in [6, 6.07) is 7.26. The molecule has 1 atom stereocenters. The van der Waals surface area contributed by atoms with Gasteiger partial charge in [-0.05, 0) is 31.7 Å². The maximum Gasteiger partial charge on any atom is 0.435 e. The largest absolute Gasteiger partial charge is 0.435 e. The molecule has 0 spiro atoms. The molecular formula is C24H32F3N5O2S. The lowest BCUT2D eigenvalue weighted by Crippen LogP contribution is -2.45. The first kappa shape index (κ1) is 25.9. The van der Waals surface area contributed by atoms with Crippen molar-refractivity contribution in [2.45, 2.75) is 25.6 Å². The molecule has 0 radical (unpaired) electrons. The number of piperazine rings is 1. The van der Waals surface area contributed by atoms with Crippen LogP contribution in [0.15, 0.2) is 24.3 Å². The number of likely N-dealkylation sites (N-methyl/N-ethyl adjacent to an activating group) is 1. The maximum atomic E-state index is 13.7. The van der Waals surface area contributed by atoms with E-state index in [0.29, 0.717) is 31.2 Å². The van der Waals surface area contributed by atoms with Crippen LogP contribution in [0.1, 0.15) is 38.9 Å². The van der Waals surface area contributed by atoms with Gasteiger partial charge in [0.05, 0.1) is 24.3 Å². The van der Waals surface area contributed by atoms with Gasteiger partial charge in [0.15, 0.2) is 5.69 Å². The van der Waals surface area contributed by atoms with Gasteiger partial charge >= 0.3 is 6.18 Å². The van der Waals surface area contributed by atoms with E-state index in [4.69, 9.17) is 4.74 Å². The third-order valence-electron chi connectivity index (χ3n) is 6.48. The predicted octanol–water partition coefficient (Wildman–Crippen LogP) is 3.28. The molecule has 1 aromatic heterocycles. The van der Waals surface area contributed by atoms with E-state index in [2.05, 4.69) is 32.0 Å². The number of ether oxygens (including phenoxy) is 1. The van der Waals surface area contributed by atoms with E-state index in [1.807, 2.05) is 24.3 Å². The molecule has 0 bridgehead atoms. The van der Waals surface area contributed by atoms with Gasteiger partial charge in [0, 0.05) is 57.9 Å². The molecule has 2 aromatic rings. The summed E-state index contributed by atoms with van der Waals surface area (Å²) in [7, 11) is 2.05. The van der Waals surface area contributed by atoms with Crippen LogP contribution < -0.4 is 10.2 Å². The minimum Gasteiger partial charge on any atom is -0.378 e. The van der Waals surface area contributed by atoms with Crippen LogP contribution in [0.4, 0.5) is 18.9 Å². The summed E-state index contributed by atoms with van der Waals surface area (Å²) >= 11 is 0.844. The molecule has 4 rings (SSSR count). The summed E-state index contributed by atoms with van der Waals surface area (Å²) in [5.74, 6) is -0.745. The van der Waals surface area contributed by atoms with Crippen molar-refractivity contribution in [1.29, 1.82) is 0 Å². The number of alkyl halides is 3. The standard InChI is InChI=1S/C24H32F3N5O2S/c1-17(18-4-3-5-19(16-18)32-12-14-34-15-13-32)28-23(33)21-22(24(25,26)27)29-20(35-21)6-7-31-10-8-30(2)9-11-31/h3-5,16-17H,6-15H2,1-2H3,(H,28,33)/t17-/m0/s1. The van der Waals surface area contributed by atoms with Crippen LogP contribution in [0.5, 0.6) is 0 Å². The van der Waals surface area contributed by atoms with Crippen molar-refractivity contribution >= 4 is 22.9 Å². The van der Waals surface area contributed by atoms with Crippen molar-refractivity contribution in [2.24, 2.45) is 0 Å². The van der Waals surface area contributed by atoms with Gasteiger partial charge in [0.25, 0.3) is 5.91 Å². The van der Waals surface area contributed by atoms with Crippen LogP contribution in [-0.4, -0.2) is 86.8 Å². The Balaban J connectivity index is 1.44. The number of carbonyl (C=O) groups excluding carboxylic acids is 1. The summed E-state index contributed by atoms with van der Waals surface area (Å²) in [6.07, 6.45) is -4.30. The van der Waals surface area contributed by atoms with Crippen molar-refractivity contribution in [2.75, 3.05) is 71.0 Å². The molecule has 2 fully saturated rings. The van der Waals surface area contributed by atoms with Crippen LogP contribution in [0.3, 0.4) is 0 Å². The second kappa shape index (κ2) is 11.2. The van der Waals surface area contributed by atoms with Crippen molar-refractivity contribution in [3.8, 4) is 0 Å². The van der Waals surface area contributed by atoms with E-state index in [9.17, 15) is 18.0 Å². The highest BCUT2D eigenvalue weighted by molar-refractivity contribution is 7.13. The van der Waals surface area contributed by atoms with E-state index >= 15 is 0 Å². The lowest BCUT2D eigenvalue weighted by atomic mass is 10.1. The predicted molar refractivity (Wildman–Crippen MR) is 130 cm³/mol. The van der Waals surface area contributed by atoms with Crippen LogP contribution in [0.25, 0.3) is 0 Å². The molecule has 1 aromatic carbocycles. The van der Waals surface area contributed by atoms with Crippen LogP contribution in [0, 0.1) is 0 Å². The molecule has 0 saturated carbocycles. The first-order valence-corrected chi connectivity index (χ1v) is 12.7. The fourth-order valence-corrected chi connectivity index (χ4v) is 5.28. The van der Waals surface area contributed by atoms with Crippen molar-refractivity contribution in [1.82, 2.24) is 20.1 Å². The maximum absolute atomic E-state index is 13.7. The summed E-state index contributed by atoms with van der Waals surface area (Å²) in [5.41, 5.74) is 0.741. The summed E-state index contributed by atoms with van der Waals surface area (Å²) < 4.78 is 46.5. The van der Waals surface area contributed by atoms with Crippen molar-refractivity contribution in [3.63, 3.8) is 0 Å². The third-order valence-corrected chi connectivity index (χ3v) is 7.59. The van der Waals surface area contributed by atoms with Gasteiger partial charge in [-0.2, -0.15) is 13.2 Å². The van der Waals surface area contributed by atoms with E-state index in [0.717, 1.165) is 61.9 Å². The number of nitrogens with zero attached hydrogens (tertiary/aromatic N) is 4. The van der Waals surface area contributed by atoms with Crippen LogP contribution >= 0.6 is 11.3 Å². The zero-order chi connectivity index (χ0) is 25.0. The number of nitrogens with one attached hydrogen (secondary N) is 1. The molecule has 2 saturated heterocycles. The fourth-order valence-electron chi connectivity index (χ4n) is 4.30. The average Bonchev–Trinajstić information content (AvgIpc) is 3.30. The van der Waals surface area contributed by atoms with Crippen LogP contribution in [-0.2, 0) is 17.3 Å². The molecule has 0 aliphatic carbocycles. The number of benzene rings is 1. The molecule has 1 N–H and O–H groups in total. The molecule has 2 aliphatic heterocycles. The summed E-state index contributed by atoms with van der Waals surface area (Å²) in [6.45, 7) is 8.88. The summed E-state index contributed by atoms with van der Waals surface area (Å²) in [5, 5.41) is 3.09. The Morgan fingerprint density at radius 2 is 1.89 bits per heavy atom. The molecule has 7 nitrogen and oxygen atoms in total. The molecule has 0 unspecified atom stereocenters. The lowest BCUT2D eigenvalue weighted by Gasteiger charge is -2.32. The second-order valence-corrected chi connectivity index (χ2v) is 10.2. The smallest absolute Gasteiger partial charge is 0.378 e. The van der Waals surface area contributed by atoms with Gasteiger partial charge < -0.3 is 24.8 Å². The Bertz CT molecular complexity index is 1000. The summed E-state index contributed by atoms with van der Waals surface area (Å²) in [4.78, 5) is 23.1. The number of anilines is 1. The Labute approximate surface area is 207 Å². The van der Waals surface area contributed by atoms with Gasteiger partial charge in [-0.3, -0.25) is 4.79 Å². The fraction of sp³-hybridized carbons (Fsp3) is 0.583. The minimum atomic E-state index is -4.69. The number of hydrogen-bond acceptors (Lipinski definition) is 7. The topological polar surface area (TPSA) is 60.9 Å². The van der Waals surface area contributed by atoms with Gasteiger partial charge in [-0.25, -0.2) is 4.98 Å². The van der Waals surface area contributed by atoms with Crippen LogP contribution in [0.2, 0.25) is 0 Å². The van der Waals surface area contributed by atoms with Gasteiger partial charge in [0.1, 0.15) is 4.88 Å². The molecule has 2 aliphatic rings. The highest BCUT2D eigenvalue weighted by Crippen LogP contribution is 2.35. The molecular weight excluding hydrogens is 479 g/mol. The Kier molecular flexibility index (Phi) is 8.31. The SMILES string of the molecule is C[C@H](NC(=O)c1sc(CCN2CCN(C)CC2)nc1C(F)(F)F)c1cccc(N2CCOCC2)c1. The number of morpholine rings is 1. The van der Waals surface area contributed by atoms with Crippen molar-refractivity contribution < 1.29 is 22.7 Å². The normalized spacial score (nSPS) is 19.1. The molecule has 35 heavy (non-hydrogen) atoms. The van der Waals surface area contributed by atoms with Crippen molar-refractivity contribution in [3.05, 3.63) is 45.4 Å². The van der Waals surface area contributed by atoms with E-state index < -0.39 is 23.8 Å². The lowest BCUT2D eigenvalue weighted by molar-refractivity contribution is -0.141. The zero-order valence-corrected chi connectivity index (χ0v) is 20.9. The van der Waals surface area contributed by atoms with E-state index in [-0.39, 0.29) is 4.88 Å². The Morgan fingerprint density at radius 1 is 1.17 bits per heavy atom. The first-order chi connectivity index (χ1) is 16.7. The Hall–Kier alpha value is -2.21. The molecule has 192 valence electrons. The monoisotopic (exact) mass is 511 g/mol. The molecule has 11 heteroatoms. The van der Waals surface area contributed by atoms with E-state index in [1.54, 1.807) is 6.92 Å². The highest BCUT2D eigenvalue weighted by Gasteiger charge is 2.39. The number of halogens is 3. The number of thiazole rings is 1. The highest BCUT2D eigenvalue weighted by atomic mass is 32.1. The molecule has 1 amide bonds. The van der Waals surface area contributed by atoms with Gasteiger partial charge in [0.2, 0.25) is 0 Å². The third kappa shape index (κ3) is 6.72. The zero-order valence-electron chi connectivity index (χ0n) is 20.1. The van der Waals surface area contributed by atoms with E-state index in [1.165, 1.54) is 0 Å². The quantitative estimate of drug-likeness (QED) is 0.616. The Morgan fingerprint density at radius 3 is 2.57 bits per heavy atom. The van der Waals surface area contributed by atoms with Gasteiger partial charge in [-0.1, -0.05) is 12.1 Å². The van der Waals surface area contributed by atoms with Gasteiger partial charge in [-0.15, -0.1) is 11.3 Å². The molecule has 3 heterocycles. The number of carbonyl (C=O) groups is 1. The minimum absolute atomic E-state index is 0.336. The second-order valence-electron chi connectivity index (χ2n) is 9.07. The average molecular weight is 512 g/mol. The number of amides is 1. The number of rotatable bonds is 7. The first-order valence-electron chi connectivity index (χ1n) is 11.9.